The lowest BCUT2D eigenvalue weighted by Crippen LogP contribution is -2.04. The van der Waals surface area contributed by atoms with E-state index in [9.17, 15) is 4.79 Å². The fourth-order valence-electron chi connectivity index (χ4n) is 2.34. The zero-order valence-electron chi connectivity index (χ0n) is 10.7. The molecule has 0 spiro atoms. The van der Waals surface area contributed by atoms with Crippen LogP contribution in [0, 0.1) is 6.92 Å². The van der Waals surface area contributed by atoms with Crippen molar-refractivity contribution in [3.05, 3.63) is 65.5 Å². The fraction of sp³-hybridized carbons (Fsp3) is 0.125. The minimum absolute atomic E-state index is 0.475. The standard InChI is InChI=1S/C16H14N2O/c1-12-5-4-6-13(9-12)10-18-15-8-3-2-7-14(15)17-16(18)11-19/h2-9,11H,10H2,1H3. The van der Waals surface area contributed by atoms with E-state index in [0.717, 1.165) is 17.3 Å². The van der Waals surface area contributed by atoms with Crippen LogP contribution in [0.3, 0.4) is 0 Å². The number of imidazole rings is 1. The number of nitrogens with zero attached hydrogens (tertiary/aromatic N) is 2. The Balaban J connectivity index is 2.11. The zero-order chi connectivity index (χ0) is 13.2. The van der Waals surface area contributed by atoms with E-state index in [1.54, 1.807) is 0 Å². The van der Waals surface area contributed by atoms with Crippen molar-refractivity contribution >= 4 is 17.3 Å². The molecule has 0 saturated heterocycles. The Kier molecular flexibility index (Phi) is 2.88. The van der Waals surface area contributed by atoms with E-state index in [0.29, 0.717) is 12.4 Å². The molecule has 0 fully saturated rings. The molecule has 3 rings (SSSR count). The zero-order valence-corrected chi connectivity index (χ0v) is 10.7. The largest absolute Gasteiger partial charge is 0.317 e. The highest BCUT2D eigenvalue weighted by atomic mass is 16.1. The van der Waals surface area contributed by atoms with Crippen LogP contribution in [0.1, 0.15) is 21.7 Å². The van der Waals surface area contributed by atoms with Crippen LogP contribution in [0.2, 0.25) is 0 Å². The van der Waals surface area contributed by atoms with Gasteiger partial charge in [0.1, 0.15) is 0 Å². The molecular weight excluding hydrogens is 236 g/mol. The van der Waals surface area contributed by atoms with E-state index in [1.165, 1.54) is 11.1 Å². The van der Waals surface area contributed by atoms with Crippen molar-refractivity contribution in [1.29, 1.82) is 0 Å². The van der Waals surface area contributed by atoms with Gasteiger partial charge in [0.05, 0.1) is 11.0 Å². The normalized spacial score (nSPS) is 10.8. The number of hydrogen-bond acceptors (Lipinski definition) is 2. The summed E-state index contributed by atoms with van der Waals surface area (Å²) in [5.41, 5.74) is 4.24. The number of fused-ring (bicyclic) bond motifs is 1. The molecule has 1 aromatic heterocycles. The monoisotopic (exact) mass is 250 g/mol. The molecular formula is C16H14N2O. The van der Waals surface area contributed by atoms with Crippen molar-refractivity contribution in [2.75, 3.05) is 0 Å². The second-order valence-electron chi connectivity index (χ2n) is 4.65. The van der Waals surface area contributed by atoms with E-state index in [-0.39, 0.29) is 0 Å². The lowest BCUT2D eigenvalue weighted by molar-refractivity contribution is 0.111. The first-order valence-corrected chi connectivity index (χ1v) is 6.24. The van der Waals surface area contributed by atoms with Gasteiger partial charge in [0.25, 0.3) is 0 Å². The van der Waals surface area contributed by atoms with Gasteiger partial charge in [0.15, 0.2) is 12.1 Å². The van der Waals surface area contributed by atoms with Crippen LogP contribution in [-0.4, -0.2) is 15.8 Å². The number of para-hydroxylation sites is 2. The molecule has 3 nitrogen and oxygen atoms in total. The maximum atomic E-state index is 11.2. The van der Waals surface area contributed by atoms with E-state index < -0.39 is 0 Å². The van der Waals surface area contributed by atoms with Crippen molar-refractivity contribution in [3.63, 3.8) is 0 Å². The second kappa shape index (κ2) is 4.69. The molecule has 0 atom stereocenters. The van der Waals surface area contributed by atoms with Gasteiger partial charge in [0.2, 0.25) is 0 Å². The van der Waals surface area contributed by atoms with Gasteiger partial charge in [-0.15, -0.1) is 0 Å². The quantitative estimate of drug-likeness (QED) is 0.669. The Labute approximate surface area is 111 Å². The van der Waals surface area contributed by atoms with Gasteiger partial charge < -0.3 is 4.57 Å². The third kappa shape index (κ3) is 2.15. The first-order valence-electron chi connectivity index (χ1n) is 6.24. The highest BCUT2D eigenvalue weighted by Crippen LogP contribution is 2.17. The van der Waals surface area contributed by atoms with E-state index in [4.69, 9.17) is 0 Å². The summed E-state index contributed by atoms with van der Waals surface area (Å²) in [5, 5.41) is 0. The van der Waals surface area contributed by atoms with Crippen molar-refractivity contribution in [3.8, 4) is 0 Å². The maximum Gasteiger partial charge on any atom is 0.185 e. The average Bonchev–Trinajstić information content (AvgIpc) is 2.77. The molecule has 3 heteroatoms. The second-order valence-corrected chi connectivity index (χ2v) is 4.65. The molecule has 0 aliphatic rings. The van der Waals surface area contributed by atoms with Crippen molar-refractivity contribution in [2.45, 2.75) is 13.5 Å². The summed E-state index contributed by atoms with van der Waals surface area (Å²) in [4.78, 5) is 15.5. The number of aromatic nitrogens is 2. The Morgan fingerprint density at radius 1 is 1.16 bits per heavy atom. The molecule has 0 aliphatic heterocycles. The van der Waals surface area contributed by atoms with Crippen LogP contribution in [0.4, 0.5) is 0 Å². The Morgan fingerprint density at radius 2 is 2.00 bits per heavy atom. The highest BCUT2D eigenvalue weighted by Gasteiger charge is 2.09. The number of carbonyl (C=O) groups is 1. The smallest absolute Gasteiger partial charge is 0.185 e. The predicted octanol–water partition coefficient (Wildman–Crippen LogP) is 3.21. The molecule has 0 N–H and O–H groups in total. The minimum atomic E-state index is 0.475. The third-order valence-corrected chi connectivity index (χ3v) is 3.21. The number of aldehydes is 1. The molecule has 3 aromatic rings. The lowest BCUT2D eigenvalue weighted by atomic mass is 10.1. The number of aryl methyl sites for hydroxylation is 1. The van der Waals surface area contributed by atoms with Crippen LogP contribution in [-0.2, 0) is 6.54 Å². The number of rotatable bonds is 3. The lowest BCUT2D eigenvalue weighted by Gasteiger charge is -2.07. The van der Waals surface area contributed by atoms with Gasteiger partial charge in [-0.1, -0.05) is 42.0 Å². The van der Waals surface area contributed by atoms with E-state index in [2.05, 4.69) is 30.1 Å². The molecule has 94 valence electrons. The Hall–Kier alpha value is -2.42. The SMILES string of the molecule is Cc1cccc(Cn2c(C=O)nc3ccccc32)c1. The summed E-state index contributed by atoms with van der Waals surface area (Å²) in [6.45, 7) is 2.73. The first kappa shape index (κ1) is 11.7. The molecule has 0 radical (unpaired) electrons. The third-order valence-electron chi connectivity index (χ3n) is 3.21. The van der Waals surface area contributed by atoms with Crippen LogP contribution in [0.15, 0.2) is 48.5 Å². The number of carbonyl (C=O) groups excluding carboxylic acids is 1. The molecule has 0 bridgehead atoms. The van der Waals surface area contributed by atoms with Gasteiger partial charge >= 0.3 is 0 Å². The van der Waals surface area contributed by atoms with E-state index >= 15 is 0 Å². The molecule has 0 amide bonds. The van der Waals surface area contributed by atoms with Crippen molar-refractivity contribution in [1.82, 2.24) is 9.55 Å². The summed E-state index contributed by atoms with van der Waals surface area (Å²) >= 11 is 0. The summed E-state index contributed by atoms with van der Waals surface area (Å²) < 4.78 is 1.96. The molecule has 0 saturated carbocycles. The number of hydrogen-bond donors (Lipinski definition) is 0. The molecule has 0 aliphatic carbocycles. The van der Waals surface area contributed by atoms with Crippen LogP contribution >= 0.6 is 0 Å². The summed E-state index contributed by atoms with van der Waals surface area (Å²) in [6.07, 6.45) is 0.815. The first-order chi connectivity index (χ1) is 9.28. The molecule has 19 heavy (non-hydrogen) atoms. The van der Waals surface area contributed by atoms with Crippen molar-refractivity contribution in [2.24, 2.45) is 0 Å². The maximum absolute atomic E-state index is 11.2. The topological polar surface area (TPSA) is 34.9 Å². The minimum Gasteiger partial charge on any atom is -0.317 e. The summed E-state index contributed by atoms with van der Waals surface area (Å²) in [7, 11) is 0. The highest BCUT2D eigenvalue weighted by molar-refractivity contribution is 5.83. The van der Waals surface area contributed by atoms with Gasteiger partial charge in [-0.25, -0.2) is 4.98 Å². The van der Waals surface area contributed by atoms with Crippen LogP contribution < -0.4 is 0 Å². The van der Waals surface area contributed by atoms with Gasteiger partial charge in [-0.2, -0.15) is 0 Å². The van der Waals surface area contributed by atoms with Gasteiger partial charge in [-0.05, 0) is 24.6 Å². The average molecular weight is 250 g/mol. The molecule has 2 aromatic carbocycles. The van der Waals surface area contributed by atoms with Crippen LogP contribution in [0.5, 0.6) is 0 Å². The van der Waals surface area contributed by atoms with Crippen LogP contribution in [0.25, 0.3) is 11.0 Å². The fourth-order valence-corrected chi connectivity index (χ4v) is 2.34. The Bertz CT molecular complexity index is 743. The van der Waals surface area contributed by atoms with Crippen molar-refractivity contribution < 1.29 is 4.79 Å². The van der Waals surface area contributed by atoms with E-state index in [1.807, 2.05) is 34.9 Å². The predicted molar refractivity (Wildman–Crippen MR) is 75.4 cm³/mol. The molecule has 0 unspecified atom stereocenters. The van der Waals surface area contributed by atoms with Gasteiger partial charge in [0, 0.05) is 6.54 Å². The van der Waals surface area contributed by atoms with Gasteiger partial charge in [-0.3, -0.25) is 4.79 Å². The number of benzene rings is 2. The summed E-state index contributed by atoms with van der Waals surface area (Å²) in [6, 6.07) is 16.1. The Morgan fingerprint density at radius 3 is 2.79 bits per heavy atom. The summed E-state index contributed by atoms with van der Waals surface area (Å²) in [5.74, 6) is 0.475. The molecule has 1 heterocycles.